The fourth-order valence-corrected chi connectivity index (χ4v) is 2.50. The van der Waals surface area contributed by atoms with E-state index in [1.54, 1.807) is 0 Å². The molecule has 1 N–H and O–H groups in total. The summed E-state index contributed by atoms with van der Waals surface area (Å²) in [6.07, 6.45) is 3.56. The molecule has 1 saturated carbocycles. The lowest BCUT2D eigenvalue weighted by Crippen LogP contribution is -2.11. The maximum absolute atomic E-state index is 4.76. The molecule has 3 nitrogen and oxygen atoms in total. The van der Waals surface area contributed by atoms with E-state index in [4.69, 9.17) is 4.98 Å². The summed E-state index contributed by atoms with van der Waals surface area (Å²) in [6, 6.07) is 0. The van der Waals surface area contributed by atoms with Gasteiger partial charge in [0.15, 0.2) is 0 Å². The Balaban J connectivity index is 2.33. The first-order chi connectivity index (χ1) is 8.11. The third-order valence-corrected chi connectivity index (χ3v) is 3.96. The van der Waals surface area contributed by atoms with Crippen LogP contribution in [0.1, 0.15) is 51.0 Å². The van der Waals surface area contributed by atoms with Gasteiger partial charge in [0, 0.05) is 12.5 Å². The van der Waals surface area contributed by atoms with Gasteiger partial charge >= 0.3 is 0 Å². The van der Waals surface area contributed by atoms with Gasteiger partial charge in [0.05, 0.1) is 9.26 Å². The zero-order valence-electron chi connectivity index (χ0n) is 10.8. The van der Waals surface area contributed by atoms with Gasteiger partial charge in [-0.3, -0.25) is 0 Å². The molecule has 1 aliphatic carbocycles. The third kappa shape index (κ3) is 3.30. The van der Waals surface area contributed by atoms with Gasteiger partial charge in [-0.25, -0.2) is 9.97 Å². The molecular weight excluding hydrogens is 325 g/mol. The van der Waals surface area contributed by atoms with E-state index in [1.165, 1.54) is 22.1 Å². The van der Waals surface area contributed by atoms with Crippen LogP contribution in [0.15, 0.2) is 0 Å². The van der Waals surface area contributed by atoms with Crippen LogP contribution in [-0.2, 0) is 6.42 Å². The van der Waals surface area contributed by atoms with Crippen molar-refractivity contribution in [3.63, 3.8) is 0 Å². The second kappa shape index (κ2) is 5.50. The largest absolute Gasteiger partial charge is 0.369 e. The molecule has 1 heterocycles. The van der Waals surface area contributed by atoms with Crippen LogP contribution in [0.2, 0.25) is 0 Å². The van der Waals surface area contributed by atoms with Crippen LogP contribution in [0.3, 0.4) is 0 Å². The molecule has 0 atom stereocenters. The van der Waals surface area contributed by atoms with Gasteiger partial charge < -0.3 is 5.32 Å². The van der Waals surface area contributed by atoms with Crippen molar-refractivity contribution >= 4 is 28.4 Å². The number of halogens is 1. The standard InChI is InChI=1S/C13H20IN3/c1-4-15-13-11(14)10(7-8(2)3)16-12(17-13)9-5-6-9/h8-9H,4-7H2,1-3H3,(H,15,16,17). The van der Waals surface area contributed by atoms with Crippen LogP contribution in [0.4, 0.5) is 5.82 Å². The zero-order chi connectivity index (χ0) is 12.4. The summed E-state index contributed by atoms with van der Waals surface area (Å²) in [5, 5.41) is 3.35. The van der Waals surface area contributed by atoms with E-state index < -0.39 is 0 Å². The maximum Gasteiger partial charge on any atom is 0.143 e. The van der Waals surface area contributed by atoms with Crippen LogP contribution in [0, 0.1) is 9.49 Å². The summed E-state index contributed by atoms with van der Waals surface area (Å²) in [5.74, 6) is 3.34. The number of hydrogen-bond acceptors (Lipinski definition) is 3. The van der Waals surface area contributed by atoms with Crippen LogP contribution < -0.4 is 5.32 Å². The Hall–Kier alpha value is -0.390. The van der Waals surface area contributed by atoms with Gasteiger partial charge in [0.2, 0.25) is 0 Å². The predicted molar refractivity (Wildman–Crippen MR) is 79.4 cm³/mol. The highest BCUT2D eigenvalue weighted by Gasteiger charge is 2.28. The minimum Gasteiger partial charge on any atom is -0.369 e. The predicted octanol–water partition coefficient (Wildman–Crippen LogP) is 3.59. The number of anilines is 1. The molecular formula is C13H20IN3. The second-order valence-corrected chi connectivity index (χ2v) is 6.17. The SMILES string of the molecule is CCNc1nc(C2CC2)nc(CC(C)C)c1I. The van der Waals surface area contributed by atoms with Gasteiger partial charge in [-0.05, 0) is 54.7 Å². The summed E-state index contributed by atoms with van der Waals surface area (Å²) in [5.41, 5.74) is 1.22. The Bertz CT molecular complexity index is 400. The first-order valence-electron chi connectivity index (χ1n) is 6.42. The number of nitrogens with zero attached hydrogens (tertiary/aromatic N) is 2. The molecule has 4 heteroatoms. The zero-order valence-corrected chi connectivity index (χ0v) is 12.9. The van der Waals surface area contributed by atoms with Crippen molar-refractivity contribution in [2.75, 3.05) is 11.9 Å². The van der Waals surface area contributed by atoms with E-state index in [1.807, 2.05) is 0 Å². The topological polar surface area (TPSA) is 37.8 Å². The maximum atomic E-state index is 4.76. The summed E-state index contributed by atoms with van der Waals surface area (Å²) in [7, 11) is 0. The molecule has 1 fully saturated rings. The van der Waals surface area contributed by atoms with E-state index >= 15 is 0 Å². The van der Waals surface area contributed by atoms with Crippen LogP contribution in [0.25, 0.3) is 0 Å². The molecule has 2 rings (SSSR count). The highest BCUT2D eigenvalue weighted by Crippen LogP contribution is 2.39. The fourth-order valence-electron chi connectivity index (χ4n) is 1.84. The lowest BCUT2D eigenvalue weighted by Gasteiger charge is -2.13. The van der Waals surface area contributed by atoms with Gasteiger partial charge in [-0.2, -0.15) is 0 Å². The minimum atomic E-state index is 0.621. The Morgan fingerprint density at radius 3 is 2.59 bits per heavy atom. The average Bonchev–Trinajstić information content (AvgIpc) is 3.07. The Morgan fingerprint density at radius 2 is 2.06 bits per heavy atom. The molecule has 1 aliphatic rings. The lowest BCUT2D eigenvalue weighted by atomic mass is 10.1. The smallest absolute Gasteiger partial charge is 0.143 e. The first kappa shape index (κ1) is 13.1. The quantitative estimate of drug-likeness (QED) is 0.829. The van der Waals surface area contributed by atoms with E-state index in [9.17, 15) is 0 Å². The molecule has 17 heavy (non-hydrogen) atoms. The minimum absolute atomic E-state index is 0.621. The van der Waals surface area contributed by atoms with Crippen molar-refractivity contribution in [2.24, 2.45) is 5.92 Å². The Labute approximate surface area is 117 Å². The highest BCUT2D eigenvalue weighted by atomic mass is 127. The van der Waals surface area contributed by atoms with Gasteiger partial charge in [-0.1, -0.05) is 13.8 Å². The molecule has 0 aromatic carbocycles. The number of nitrogens with one attached hydrogen (secondary N) is 1. The van der Waals surface area contributed by atoms with E-state index in [2.05, 4.69) is 53.7 Å². The van der Waals surface area contributed by atoms with Crippen LogP contribution in [0.5, 0.6) is 0 Å². The number of aromatic nitrogens is 2. The van der Waals surface area contributed by atoms with Crippen LogP contribution >= 0.6 is 22.6 Å². The van der Waals surface area contributed by atoms with Crippen molar-refractivity contribution in [3.8, 4) is 0 Å². The van der Waals surface area contributed by atoms with Crippen LogP contribution in [-0.4, -0.2) is 16.5 Å². The lowest BCUT2D eigenvalue weighted by molar-refractivity contribution is 0.627. The molecule has 0 radical (unpaired) electrons. The Morgan fingerprint density at radius 1 is 1.35 bits per heavy atom. The van der Waals surface area contributed by atoms with E-state index in [0.717, 1.165) is 24.6 Å². The fraction of sp³-hybridized carbons (Fsp3) is 0.692. The van der Waals surface area contributed by atoms with Crippen molar-refractivity contribution in [2.45, 2.75) is 46.0 Å². The second-order valence-electron chi connectivity index (χ2n) is 5.09. The van der Waals surface area contributed by atoms with Gasteiger partial charge in [0.25, 0.3) is 0 Å². The molecule has 1 aromatic rings. The normalized spacial score (nSPS) is 15.4. The average molecular weight is 345 g/mol. The van der Waals surface area contributed by atoms with Crippen molar-refractivity contribution in [1.29, 1.82) is 0 Å². The molecule has 0 bridgehead atoms. The molecule has 0 spiro atoms. The Kier molecular flexibility index (Phi) is 4.22. The van der Waals surface area contributed by atoms with Crippen molar-refractivity contribution in [1.82, 2.24) is 9.97 Å². The molecule has 0 amide bonds. The van der Waals surface area contributed by atoms with Crippen molar-refractivity contribution in [3.05, 3.63) is 15.1 Å². The number of rotatable bonds is 5. The molecule has 1 aromatic heterocycles. The van der Waals surface area contributed by atoms with Crippen molar-refractivity contribution < 1.29 is 0 Å². The molecule has 0 aliphatic heterocycles. The van der Waals surface area contributed by atoms with E-state index in [-0.39, 0.29) is 0 Å². The molecule has 0 unspecified atom stereocenters. The molecule has 94 valence electrons. The van der Waals surface area contributed by atoms with Gasteiger partial charge in [0.1, 0.15) is 11.6 Å². The molecule has 0 saturated heterocycles. The highest BCUT2D eigenvalue weighted by molar-refractivity contribution is 14.1. The first-order valence-corrected chi connectivity index (χ1v) is 7.49. The third-order valence-electron chi connectivity index (χ3n) is 2.83. The van der Waals surface area contributed by atoms with Gasteiger partial charge in [-0.15, -0.1) is 0 Å². The summed E-state index contributed by atoms with van der Waals surface area (Å²) >= 11 is 2.37. The summed E-state index contributed by atoms with van der Waals surface area (Å²) in [6.45, 7) is 7.50. The number of hydrogen-bond donors (Lipinski definition) is 1. The summed E-state index contributed by atoms with van der Waals surface area (Å²) < 4.78 is 1.20. The van der Waals surface area contributed by atoms with E-state index in [0.29, 0.717) is 11.8 Å². The summed E-state index contributed by atoms with van der Waals surface area (Å²) in [4.78, 5) is 9.42. The monoisotopic (exact) mass is 345 g/mol.